The fourth-order valence-electron chi connectivity index (χ4n) is 2.69. The predicted molar refractivity (Wildman–Crippen MR) is 88.2 cm³/mol. The van der Waals surface area contributed by atoms with Crippen LogP contribution < -0.4 is 5.32 Å². The quantitative estimate of drug-likeness (QED) is 0.822. The van der Waals surface area contributed by atoms with E-state index in [9.17, 15) is 23.1 Å². The van der Waals surface area contributed by atoms with Crippen molar-refractivity contribution in [1.29, 1.82) is 0 Å². The number of amides is 1. The van der Waals surface area contributed by atoms with E-state index in [1.54, 1.807) is 0 Å². The van der Waals surface area contributed by atoms with E-state index in [4.69, 9.17) is 0 Å². The second-order valence-corrected chi connectivity index (χ2v) is 6.29. The summed E-state index contributed by atoms with van der Waals surface area (Å²) in [7, 11) is 1.96. The average molecular weight is 368 g/mol. The number of halogens is 3. The summed E-state index contributed by atoms with van der Waals surface area (Å²) in [5.41, 5.74) is -1.47. The number of carbonyl (C=O) groups is 1. The van der Waals surface area contributed by atoms with Gasteiger partial charge >= 0.3 is 6.18 Å². The lowest BCUT2D eigenvalue weighted by atomic mass is 10.2. The van der Waals surface area contributed by atoms with Gasteiger partial charge in [0.2, 0.25) is 0 Å². The highest BCUT2D eigenvalue weighted by Crippen LogP contribution is 2.34. The maximum atomic E-state index is 13.1. The average Bonchev–Trinajstić information content (AvgIpc) is 3.36. The van der Waals surface area contributed by atoms with Crippen LogP contribution >= 0.6 is 0 Å². The molecule has 2 N–H and O–H groups in total. The Morgan fingerprint density at radius 2 is 2.08 bits per heavy atom. The zero-order valence-corrected chi connectivity index (χ0v) is 14.1. The van der Waals surface area contributed by atoms with Gasteiger partial charge in [0, 0.05) is 19.1 Å². The first-order valence-corrected chi connectivity index (χ1v) is 8.21. The number of hydrogen-bond donors (Lipinski definition) is 2. The van der Waals surface area contributed by atoms with Crippen LogP contribution in [-0.4, -0.2) is 51.9 Å². The third-order valence-corrected chi connectivity index (χ3v) is 4.29. The van der Waals surface area contributed by atoms with Gasteiger partial charge in [-0.15, -0.1) is 0 Å². The molecule has 0 bridgehead atoms. The smallest absolute Gasteiger partial charge is 0.418 e. The van der Waals surface area contributed by atoms with E-state index >= 15 is 0 Å². The highest BCUT2D eigenvalue weighted by atomic mass is 19.4. The van der Waals surface area contributed by atoms with Crippen LogP contribution in [0.15, 0.2) is 30.5 Å². The zero-order valence-electron chi connectivity index (χ0n) is 14.1. The van der Waals surface area contributed by atoms with Crippen molar-refractivity contribution >= 4 is 5.91 Å². The Balaban J connectivity index is 1.74. The Morgan fingerprint density at radius 3 is 2.73 bits per heavy atom. The number of benzene rings is 1. The minimum Gasteiger partial charge on any atom is -0.504 e. The van der Waals surface area contributed by atoms with Crippen molar-refractivity contribution in [3.05, 3.63) is 41.7 Å². The van der Waals surface area contributed by atoms with Gasteiger partial charge in [0.1, 0.15) is 0 Å². The summed E-state index contributed by atoms with van der Waals surface area (Å²) in [5, 5.41) is 16.4. The fraction of sp³-hybridized carbons (Fsp3) is 0.412. The monoisotopic (exact) mass is 368 g/mol. The minimum atomic E-state index is -4.58. The molecule has 3 rings (SSSR count). The second-order valence-electron chi connectivity index (χ2n) is 6.29. The lowest BCUT2D eigenvalue weighted by molar-refractivity contribution is -0.137. The van der Waals surface area contributed by atoms with Crippen molar-refractivity contribution in [3.63, 3.8) is 0 Å². The summed E-state index contributed by atoms with van der Waals surface area (Å²) in [6, 6.07) is 5.39. The molecule has 140 valence electrons. The van der Waals surface area contributed by atoms with Gasteiger partial charge < -0.3 is 15.3 Å². The first kappa shape index (κ1) is 18.2. The molecule has 1 amide bonds. The number of aromatic hydroxyl groups is 1. The standard InChI is InChI=1S/C17H19F3N4O2/c1-23(11-6-7-11)9-8-21-16(26)15-14(25)10-24(22-15)13-5-3-2-4-12(13)17(18,19)20/h2-5,10-11,25H,6-9H2,1H3,(H,21,26). The van der Waals surface area contributed by atoms with Gasteiger partial charge in [-0.2, -0.15) is 18.3 Å². The number of nitrogens with zero attached hydrogens (tertiary/aromatic N) is 3. The molecular weight excluding hydrogens is 349 g/mol. The van der Waals surface area contributed by atoms with Crippen LogP contribution in [-0.2, 0) is 6.18 Å². The summed E-state index contributed by atoms with van der Waals surface area (Å²) in [6.45, 7) is 1.01. The summed E-state index contributed by atoms with van der Waals surface area (Å²) in [6.07, 6.45) is -1.29. The summed E-state index contributed by atoms with van der Waals surface area (Å²) in [5.74, 6) is -1.11. The van der Waals surface area contributed by atoms with Crippen molar-refractivity contribution in [1.82, 2.24) is 20.0 Å². The van der Waals surface area contributed by atoms with Gasteiger partial charge in [0.15, 0.2) is 11.4 Å². The number of aromatic nitrogens is 2. The molecular formula is C17H19F3N4O2. The highest BCUT2D eigenvalue weighted by Gasteiger charge is 2.34. The van der Waals surface area contributed by atoms with Crippen LogP contribution in [0.2, 0.25) is 0 Å². The number of hydrogen-bond acceptors (Lipinski definition) is 4. The van der Waals surface area contributed by atoms with Gasteiger partial charge in [-0.1, -0.05) is 12.1 Å². The fourth-order valence-corrected chi connectivity index (χ4v) is 2.69. The number of para-hydroxylation sites is 1. The number of alkyl halides is 3. The molecule has 1 aromatic heterocycles. The van der Waals surface area contributed by atoms with Crippen LogP contribution in [0.5, 0.6) is 5.75 Å². The molecule has 1 fully saturated rings. The first-order chi connectivity index (χ1) is 12.3. The van der Waals surface area contributed by atoms with Gasteiger partial charge in [-0.3, -0.25) is 4.79 Å². The molecule has 0 radical (unpaired) electrons. The van der Waals surface area contributed by atoms with E-state index in [-0.39, 0.29) is 11.4 Å². The lowest BCUT2D eigenvalue weighted by Gasteiger charge is -2.15. The molecule has 1 aromatic carbocycles. The third kappa shape index (κ3) is 3.98. The molecule has 1 saturated carbocycles. The highest BCUT2D eigenvalue weighted by molar-refractivity contribution is 5.94. The molecule has 0 aliphatic heterocycles. The molecule has 2 aromatic rings. The van der Waals surface area contributed by atoms with Crippen LogP contribution in [0.1, 0.15) is 28.9 Å². The normalized spacial score (nSPS) is 14.7. The number of rotatable bonds is 6. The van der Waals surface area contributed by atoms with Gasteiger partial charge in [-0.05, 0) is 32.0 Å². The van der Waals surface area contributed by atoms with Crippen molar-refractivity contribution < 1.29 is 23.1 Å². The number of nitrogens with one attached hydrogen (secondary N) is 1. The van der Waals surface area contributed by atoms with Crippen LogP contribution in [0.4, 0.5) is 13.2 Å². The van der Waals surface area contributed by atoms with Gasteiger partial charge in [0.05, 0.1) is 17.4 Å². The van der Waals surface area contributed by atoms with Crippen molar-refractivity contribution in [2.24, 2.45) is 0 Å². The maximum absolute atomic E-state index is 13.1. The summed E-state index contributed by atoms with van der Waals surface area (Å²) < 4.78 is 40.2. The van der Waals surface area contributed by atoms with E-state index in [1.165, 1.54) is 18.2 Å². The predicted octanol–water partition coefficient (Wildman–Crippen LogP) is 2.42. The van der Waals surface area contributed by atoms with Crippen LogP contribution in [0.25, 0.3) is 5.69 Å². The van der Waals surface area contributed by atoms with Gasteiger partial charge in [-0.25, -0.2) is 4.68 Å². The van der Waals surface area contributed by atoms with Crippen LogP contribution in [0.3, 0.4) is 0 Å². The molecule has 1 aliphatic carbocycles. The minimum absolute atomic E-state index is 0.261. The van der Waals surface area contributed by atoms with E-state index in [1.807, 2.05) is 7.05 Å². The van der Waals surface area contributed by atoms with E-state index in [0.717, 1.165) is 29.8 Å². The Hall–Kier alpha value is -2.55. The SMILES string of the molecule is CN(CCNC(=O)c1nn(-c2ccccc2C(F)(F)F)cc1O)C1CC1. The Bertz CT molecular complexity index is 800. The molecule has 6 nitrogen and oxygen atoms in total. The Morgan fingerprint density at radius 1 is 1.38 bits per heavy atom. The third-order valence-electron chi connectivity index (χ3n) is 4.29. The van der Waals surface area contributed by atoms with Crippen molar-refractivity contribution in [2.45, 2.75) is 25.1 Å². The van der Waals surface area contributed by atoms with E-state index in [0.29, 0.717) is 19.1 Å². The van der Waals surface area contributed by atoms with Crippen molar-refractivity contribution in [3.8, 4) is 11.4 Å². The second kappa shape index (κ2) is 6.99. The maximum Gasteiger partial charge on any atom is 0.418 e. The van der Waals surface area contributed by atoms with Gasteiger partial charge in [0.25, 0.3) is 5.91 Å². The number of likely N-dealkylation sites (N-methyl/N-ethyl adjacent to an activating group) is 1. The Labute approximate surface area is 148 Å². The molecule has 0 spiro atoms. The summed E-state index contributed by atoms with van der Waals surface area (Å²) in [4.78, 5) is 14.3. The number of carbonyl (C=O) groups excluding carboxylic acids is 1. The molecule has 26 heavy (non-hydrogen) atoms. The lowest BCUT2D eigenvalue weighted by Crippen LogP contribution is -2.34. The molecule has 0 saturated heterocycles. The Kier molecular flexibility index (Phi) is 4.90. The molecule has 1 aliphatic rings. The van der Waals surface area contributed by atoms with E-state index < -0.39 is 23.4 Å². The molecule has 0 atom stereocenters. The molecule has 0 unspecified atom stereocenters. The van der Waals surface area contributed by atoms with Crippen LogP contribution in [0, 0.1) is 0 Å². The van der Waals surface area contributed by atoms with Crippen molar-refractivity contribution in [2.75, 3.05) is 20.1 Å². The molecule has 9 heteroatoms. The summed E-state index contributed by atoms with van der Waals surface area (Å²) >= 11 is 0. The topological polar surface area (TPSA) is 70.4 Å². The van der Waals surface area contributed by atoms with E-state index in [2.05, 4.69) is 15.3 Å². The largest absolute Gasteiger partial charge is 0.504 e. The first-order valence-electron chi connectivity index (χ1n) is 8.21. The molecule has 1 heterocycles. The zero-order chi connectivity index (χ0) is 18.9.